The molecule has 152 valence electrons. The van der Waals surface area contributed by atoms with Gasteiger partial charge in [0.1, 0.15) is 12.4 Å². The highest BCUT2D eigenvalue weighted by Crippen LogP contribution is 2.38. The van der Waals surface area contributed by atoms with E-state index in [4.69, 9.17) is 32.7 Å². The second-order valence-corrected chi connectivity index (χ2v) is 7.92. The van der Waals surface area contributed by atoms with Crippen molar-refractivity contribution in [3.63, 3.8) is 0 Å². The standard InChI is InChI=1S/C22H19BrCl2FNO2/c1-2-28-21-10-14(12-27-18-7-5-17(26)6-8-18)9-19(23)22(21)29-13-15-3-4-16(24)11-20(15)25/h3-11,27H,2,12-13H2,1H3. The van der Waals surface area contributed by atoms with Gasteiger partial charge in [-0.15, -0.1) is 0 Å². The molecule has 3 aromatic carbocycles. The van der Waals surface area contributed by atoms with Gasteiger partial charge >= 0.3 is 0 Å². The summed E-state index contributed by atoms with van der Waals surface area (Å²) in [6.07, 6.45) is 0. The third-order valence-electron chi connectivity index (χ3n) is 4.10. The van der Waals surface area contributed by atoms with E-state index in [1.54, 1.807) is 24.3 Å². The van der Waals surface area contributed by atoms with Gasteiger partial charge in [0.05, 0.1) is 11.1 Å². The van der Waals surface area contributed by atoms with E-state index in [1.165, 1.54) is 12.1 Å². The molecule has 0 aliphatic heterocycles. The lowest BCUT2D eigenvalue weighted by atomic mass is 10.2. The van der Waals surface area contributed by atoms with Crippen molar-refractivity contribution in [1.82, 2.24) is 0 Å². The van der Waals surface area contributed by atoms with Crippen LogP contribution in [0.4, 0.5) is 10.1 Å². The predicted octanol–water partition coefficient (Wildman–Crippen LogP) is 7.48. The van der Waals surface area contributed by atoms with Crippen molar-refractivity contribution in [2.75, 3.05) is 11.9 Å². The van der Waals surface area contributed by atoms with Gasteiger partial charge in [-0.25, -0.2) is 4.39 Å². The molecule has 3 rings (SSSR count). The van der Waals surface area contributed by atoms with Crippen LogP contribution in [0.25, 0.3) is 0 Å². The molecule has 0 aliphatic carbocycles. The fourth-order valence-corrected chi connectivity index (χ4v) is 3.75. The molecule has 0 saturated carbocycles. The summed E-state index contributed by atoms with van der Waals surface area (Å²) in [5.74, 6) is 0.963. The largest absolute Gasteiger partial charge is 0.490 e. The molecule has 3 nitrogen and oxygen atoms in total. The molecule has 0 heterocycles. The van der Waals surface area contributed by atoms with Crippen LogP contribution in [0.1, 0.15) is 18.1 Å². The summed E-state index contributed by atoms with van der Waals surface area (Å²) < 4.78 is 25.6. The number of ether oxygens (including phenoxy) is 2. The smallest absolute Gasteiger partial charge is 0.175 e. The molecular weight excluding hydrogens is 480 g/mol. The Morgan fingerprint density at radius 1 is 1.00 bits per heavy atom. The third-order valence-corrected chi connectivity index (χ3v) is 5.27. The molecule has 7 heteroatoms. The Morgan fingerprint density at radius 2 is 1.76 bits per heavy atom. The summed E-state index contributed by atoms with van der Waals surface area (Å²) >= 11 is 15.8. The fourth-order valence-electron chi connectivity index (χ4n) is 2.69. The maximum atomic E-state index is 13.0. The lowest BCUT2D eigenvalue weighted by molar-refractivity contribution is 0.267. The van der Waals surface area contributed by atoms with Crippen molar-refractivity contribution < 1.29 is 13.9 Å². The van der Waals surface area contributed by atoms with E-state index < -0.39 is 0 Å². The van der Waals surface area contributed by atoms with Crippen molar-refractivity contribution in [1.29, 1.82) is 0 Å². The van der Waals surface area contributed by atoms with E-state index in [1.807, 2.05) is 25.1 Å². The van der Waals surface area contributed by atoms with E-state index in [0.717, 1.165) is 21.3 Å². The molecule has 0 fully saturated rings. The number of rotatable bonds is 8. The zero-order chi connectivity index (χ0) is 20.8. The van der Waals surface area contributed by atoms with Crippen LogP contribution >= 0.6 is 39.1 Å². The van der Waals surface area contributed by atoms with Crippen LogP contribution in [0, 0.1) is 5.82 Å². The van der Waals surface area contributed by atoms with Gasteiger partial charge in [-0.05, 0) is 76.9 Å². The number of hydrogen-bond donors (Lipinski definition) is 1. The highest BCUT2D eigenvalue weighted by atomic mass is 79.9. The van der Waals surface area contributed by atoms with Gasteiger partial charge in [0, 0.05) is 27.8 Å². The van der Waals surface area contributed by atoms with E-state index in [9.17, 15) is 4.39 Å². The molecule has 29 heavy (non-hydrogen) atoms. The van der Waals surface area contributed by atoms with Crippen molar-refractivity contribution >= 4 is 44.8 Å². The Morgan fingerprint density at radius 3 is 2.45 bits per heavy atom. The molecular formula is C22H19BrCl2FNO2. The first-order valence-electron chi connectivity index (χ1n) is 8.97. The quantitative estimate of drug-likeness (QED) is 0.349. The van der Waals surface area contributed by atoms with Crippen molar-refractivity contribution in [2.24, 2.45) is 0 Å². The minimum absolute atomic E-state index is 0.265. The van der Waals surface area contributed by atoms with E-state index >= 15 is 0 Å². The molecule has 0 atom stereocenters. The van der Waals surface area contributed by atoms with Gasteiger partial charge in [-0.2, -0.15) is 0 Å². The lowest BCUT2D eigenvalue weighted by Gasteiger charge is -2.16. The van der Waals surface area contributed by atoms with E-state index in [0.29, 0.717) is 34.7 Å². The van der Waals surface area contributed by atoms with Gasteiger partial charge < -0.3 is 14.8 Å². The molecule has 3 aromatic rings. The molecule has 0 aromatic heterocycles. The zero-order valence-electron chi connectivity index (χ0n) is 15.6. The molecule has 0 saturated heterocycles. The summed E-state index contributed by atoms with van der Waals surface area (Å²) in [6, 6.07) is 15.4. The van der Waals surface area contributed by atoms with Crippen LogP contribution in [0.2, 0.25) is 10.0 Å². The van der Waals surface area contributed by atoms with E-state index in [-0.39, 0.29) is 12.4 Å². The number of hydrogen-bond acceptors (Lipinski definition) is 3. The first-order chi connectivity index (χ1) is 14.0. The number of halogens is 4. The molecule has 1 N–H and O–H groups in total. The fraction of sp³-hybridized carbons (Fsp3) is 0.182. The van der Waals surface area contributed by atoms with Gasteiger partial charge in [-0.1, -0.05) is 29.3 Å². The van der Waals surface area contributed by atoms with Crippen LogP contribution in [-0.4, -0.2) is 6.61 Å². The predicted molar refractivity (Wildman–Crippen MR) is 120 cm³/mol. The van der Waals surface area contributed by atoms with Crippen LogP contribution in [0.5, 0.6) is 11.5 Å². The first kappa shape index (κ1) is 21.8. The van der Waals surface area contributed by atoms with Gasteiger partial charge in [0.15, 0.2) is 11.5 Å². The monoisotopic (exact) mass is 497 g/mol. The normalized spacial score (nSPS) is 10.7. The topological polar surface area (TPSA) is 30.5 Å². The summed E-state index contributed by atoms with van der Waals surface area (Å²) in [6.45, 7) is 3.24. The third kappa shape index (κ3) is 6.01. The van der Waals surface area contributed by atoms with Crippen molar-refractivity contribution in [2.45, 2.75) is 20.1 Å². The molecule has 0 radical (unpaired) electrons. The molecule has 0 aliphatic rings. The van der Waals surface area contributed by atoms with Gasteiger partial charge in [0.2, 0.25) is 0 Å². The lowest BCUT2D eigenvalue weighted by Crippen LogP contribution is -2.04. The summed E-state index contributed by atoms with van der Waals surface area (Å²) in [5, 5.41) is 4.39. The Labute approximate surface area is 187 Å². The number of anilines is 1. The van der Waals surface area contributed by atoms with Gasteiger partial charge in [-0.3, -0.25) is 0 Å². The second-order valence-electron chi connectivity index (χ2n) is 6.22. The Kier molecular flexibility index (Phi) is 7.64. The van der Waals surface area contributed by atoms with Crippen LogP contribution in [0.15, 0.2) is 59.1 Å². The molecule has 0 bridgehead atoms. The maximum absolute atomic E-state index is 13.0. The van der Waals surface area contributed by atoms with Crippen LogP contribution in [0.3, 0.4) is 0 Å². The average molecular weight is 499 g/mol. The summed E-state index contributed by atoms with van der Waals surface area (Å²) in [5.41, 5.74) is 2.65. The Hall–Kier alpha value is -1.95. The van der Waals surface area contributed by atoms with E-state index in [2.05, 4.69) is 21.2 Å². The van der Waals surface area contributed by atoms with Crippen molar-refractivity contribution in [3.05, 3.63) is 86.1 Å². The maximum Gasteiger partial charge on any atom is 0.175 e. The molecule has 0 unspecified atom stereocenters. The summed E-state index contributed by atoms with van der Waals surface area (Å²) in [4.78, 5) is 0. The number of nitrogens with one attached hydrogen (secondary N) is 1. The number of benzene rings is 3. The SMILES string of the molecule is CCOc1cc(CNc2ccc(F)cc2)cc(Br)c1OCc1ccc(Cl)cc1Cl. The Balaban J connectivity index is 1.75. The minimum atomic E-state index is -0.265. The van der Waals surface area contributed by atoms with Crippen LogP contribution in [-0.2, 0) is 13.2 Å². The highest BCUT2D eigenvalue weighted by molar-refractivity contribution is 9.10. The molecule has 0 spiro atoms. The summed E-state index contributed by atoms with van der Waals surface area (Å²) in [7, 11) is 0. The first-order valence-corrected chi connectivity index (χ1v) is 10.5. The zero-order valence-corrected chi connectivity index (χ0v) is 18.7. The second kappa shape index (κ2) is 10.2. The Bertz CT molecular complexity index is 983. The van der Waals surface area contributed by atoms with Gasteiger partial charge in [0.25, 0.3) is 0 Å². The highest BCUT2D eigenvalue weighted by Gasteiger charge is 2.14. The molecule has 0 amide bonds. The average Bonchev–Trinajstić information content (AvgIpc) is 2.68. The van der Waals surface area contributed by atoms with Crippen molar-refractivity contribution in [3.8, 4) is 11.5 Å². The van der Waals surface area contributed by atoms with Crippen LogP contribution < -0.4 is 14.8 Å². The minimum Gasteiger partial charge on any atom is -0.490 e.